The van der Waals surface area contributed by atoms with Crippen LogP contribution in [0.5, 0.6) is 5.75 Å². The second-order valence-electron chi connectivity index (χ2n) is 10.6. The zero-order valence-corrected chi connectivity index (χ0v) is 23.3. The first kappa shape index (κ1) is 28.3. The van der Waals surface area contributed by atoms with Crippen molar-refractivity contribution in [3.8, 4) is 5.75 Å². The van der Waals surface area contributed by atoms with Crippen LogP contribution in [0.2, 0.25) is 10.0 Å². The Hall–Kier alpha value is -2.24. The van der Waals surface area contributed by atoms with E-state index in [4.69, 9.17) is 27.9 Å². The Balaban J connectivity index is 1.76. The Labute approximate surface area is 225 Å². The number of hydrogen-bond donors (Lipinski definition) is 1. The SMILES string of the molecule is CC[C@@H](C(=O)NC1CCCCC1)N(Cc1ccc(Cl)c(Cl)c1)C(=O)COc1ccc(C(C)(C)C)cc1. The number of ether oxygens (including phenoxy) is 1. The molecule has 1 aliphatic rings. The van der Waals surface area contributed by atoms with Crippen molar-refractivity contribution in [1.29, 1.82) is 0 Å². The van der Waals surface area contributed by atoms with Crippen LogP contribution in [0.4, 0.5) is 0 Å². The number of rotatable bonds is 9. The van der Waals surface area contributed by atoms with Gasteiger partial charge in [0, 0.05) is 12.6 Å². The van der Waals surface area contributed by atoms with Crippen molar-refractivity contribution < 1.29 is 14.3 Å². The highest BCUT2D eigenvalue weighted by atomic mass is 35.5. The number of nitrogens with zero attached hydrogens (tertiary/aromatic N) is 1. The topological polar surface area (TPSA) is 58.6 Å². The second-order valence-corrected chi connectivity index (χ2v) is 11.4. The van der Waals surface area contributed by atoms with Gasteiger partial charge in [0.1, 0.15) is 11.8 Å². The lowest BCUT2D eigenvalue weighted by molar-refractivity contribution is -0.143. The molecule has 1 N–H and O–H groups in total. The molecule has 36 heavy (non-hydrogen) atoms. The summed E-state index contributed by atoms with van der Waals surface area (Å²) in [7, 11) is 0. The number of carbonyl (C=O) groups excluding carboxylic acids is 2. The van der Waals surface area contributed by atoms with Crippen molar-refractivity contribution in [3.05, 3.63) is 63.6 Å². The standard InChI is InChI=1S/C29H38Cl2N2O3/c1-5-26(28(35)32-22-9-7-6-8-10-22)33(18-20-11-16-24(30)25(31)17-20)27(34)19-36-23-14-12-21(13-15-23)29(2,3)4/h11-17,22,26H,5-10,18-19H2,1-4H3,(H,32,35)/t26-/m0/s1. The van der Waals surface area contributed by atoms with Crippen LogP contribution in [-0.2, 0) is 21.5 Å². The molecular weight excluding hydrogens is 495 g/mol. The molecule has 2 amide bonds. The van der Waals surface area contributed by atoms with Crippen LogP contribution in [0, 0.1) is 0 Å². The van der Waals surface area contributed by atoms with E-state index in [-0.39, 0.29) is 36.4 Å². The van der Waals surface area contributed by atoms with Crippen molar-refractivity contribution in [2.24, 2.45) is 0 Å². The molecule has 5 nitrogen and oxygen atoms in total. The van der Waals surface area contributed by atoms with Gasteiger partial charge >= 0.3 is 0 Å². The van der Waals surface area contributed by atoms with Crippen LogP contribution in [0.15, 0.2) is 42.5 Å². The summed E-state index contributed by atoms with van der Waals surface area (Å²) < 4.78 is 5.85. The molecule has 0 heterocycles. The van der Waals surface area contributed by atoms with Gasteiger partial charge in [0.15, 0.2) is 6.61 Å². The molecule has 1 saturated carbocycles. The van der Waals surface area contributed by atoms with Gasteiger partial charge in [0.2, 0.25) is 5.91 Å². The van der Waals surface area contributed by atoms with E-state index in [1.165, 1.54) is 12.0 Å². The fraction of sp³-hybridized carbons (Fsp3) is 0.517. The Morgan fingerprint density at radius 3 is 2.28 bits per heavy atom. The molecule has 0 bridgehead atoms. The first-order chi connectivity index (χ1) is 17.1. The van der Waals surface area contributed by atoms with E-state index in [1.807, 2.05) is 37.3 Å². The highest BCUT2D eigenvalue weighted by molar-refractivity contribution is 6.42. The molecule has 2 aromatic rings. The zero-order valence-electron chi connectivity index (χ0n) is 21.8. The summed E-state index contributed by atoms with van der Waals surface area (Å²) in [5.41, 5.74) is 2.02. The fourth-order valence-corrected chi connectivity index (χ4v) is 4.90. The molecule has 0 spiro atoms. The lowest BCUT2D eigenvalue weighted by Crippen LogP contribution is -2.52. The first-order valence-corrected chi connectivity index (χ1v) is 13.6. The molecule has 0 aromatic heterocycles. The van der Waals surface area contributed by atoms with E-state index >= 15 is 0 Å². The van der Waals surface area contributed by atoms with Gasteiger partial charge in [-0.1, -0.05) is 88.4 Å². The van der Waals surface area contributed by atoms with Crippen molar-refractivity contribution >= 4 is 35.0 Å². The van der Waals surface area contributed by atoms with Gasteiger partial charge in [-0.15, -0.1) is 0 Å². The van der Waals surface area contributed by atoms with Gasteiger partial charge < -0.3 is 15.0 Å². The van der Waals surface area contributed by atoms with E-state index < -0.39 is 6.04 Å². The molecule has 1 fully saturated rings. The number of benzene rings is 2. The van der Waals surface area contributed by atoms with Gasteiger partial charge in [-0.2, -0.15) is 0 Å². The third kappa shape index (κ3) is 7.88. The van der Waals surface area contributed by atoms with Crippen LogP contribution in [0.1, 0.15) is 77.3 Å². The van der Waals surface area contributed by atoms with Gasteiger partial charge in [-0.05, 0) is 60.1 Å². The molecule has 0 aliphatic heterocycles. The van der Waals surface area contributed by atoms with Crippen molar-refractivity contribution in [1.82, 2.24) is 10.2 Å². The molecule has 7 heteroatoms. The maximum atomic E-state index is 13.5. The maximum absolute atomic E-state index is 13.5. The van der Waals surface area contributed by atoms with Gasteiger partial charge in [-0.25, -0.2) is 0 Å². The molecule has 0 saturated heterocycles. The zero-order chi connectivity index (χ0) is 26.3. The minimum absolute atomic E-state index is 0.0328. The van der Waals surface area contributed by atoms with E-state index in [9.17, 15) is 9.59 Å². The minimum Gasteiger partial charge on any atom is -0.484 e. The Kier molecular flexibility index (Phi) is 10.1. The number of carbonyl (C=O) groups is 2. The summed E-state index contributed by atoms with van der Waals surface area (Å²) in [6.45, 7) is 8.44. The Morgan fingerprint density at radius 2 is 1.69 bits per heavy atom. The second kappa shape index (κ2) is 12.8. The van der Waals surface area contributed by atoms with Gasteiger partial charge in [-0.3, -0.25) is 9.59 Å². The quantitative estimate of drug-likeness (QED) is 0.381. The highest BCUT2D eigenvalue weighted by Crippen LogP contribution is 2.26. The summed E-state index contributed by atoms with van der Waals surface area (Å²) in [5, 5.41) is 4.04. The Morgan fingerprint density at radius 1 is 1.03 bits per heavy atom. The number of hydrogen-bond acceptors (Lipinski definition) is 3. The van der Waals surface area contributed by atoms with Crippen LogP contribution in [0.3, 0.4) is 0 Å². The minimum atomic E-state index is -0.610. The monoisotopic (exact) mass is 532 g/mol. The van der Waals surface area contributed by atoms with Gasteiger partial charge in [0.25, 0.3) is 5.91 Å². The summed E-state index contributed by atoms with van der Waals surface area (Å²) in [4.78, 5) is 28.4. The lowest BCUT2D eigenvalue weighted by atomic mass is 9.87. The van der Waals surface area contributed by atoms with Crippen molar-refractivity contribution in [2.45, 2.75) is 90.3 Å². The molecule has 196 valence electrons. The van der Waals surface area contributed by atoms with E-state index in [0.717, 1.165) is 31.2 Å². The van der Waals surface area contributed by atoms with E-state index in [2.05, 4.69) is 26.1 Å². The molecule has 2 aromatic carbocycles. The fourth-order valence-electron chi connectivity index (χ4n) is 4.58. The summed E-state index contributed by atoms with van der Waals surface area (Å²) in [6, 6.07) is 12.6. The number of nitrogens with one attached hydrogen (secondary N) is 1. The highest BCUT2D eigenvalue weighted by Gasteiger charge is 2.30. The third-order valence-electron chi connectivity index (χ3n) is 6.76. The normalized spacial score (nSPS) is 15.3. The summed E-state index contributed by atoms with van der Waals surface area (Å²) >= 11 is 12.3. The smallest absolute Gasteiger partial charge is 0.261 e. The molecule has 0 unspecified atom stereocenters. The third-order valence-corrected chi connectivity index (χ3v) is 7.50. The first-order valence-electron chi connectivity index (χ1n) is 12.9. The lowest BCUT2D eigenvalue weighted by Gasteiger charge is -2.32. The average Bonchev–Trinajstić information content (AvgIpc) is 2.85. The van der Waals surface area contributed by atoms with Crippen molar-refractivity contribution in [2.75, 3.05) is 6.61 Å². The van der Waals surface area contributed by atoms with E-state index in [1.54, 1.807) is 17.0 Å². The van der Waals surface area contributed by atoms with Gasteiger partial charge in [0.05, 0.1) is 10.0 Å². The summed E-state index contributed by atoms with van der Waals surface area (Å²) in [6.07, 6.45) is 5.91. The average molecular weight is 534 g/mol. The maximum Gasteiger partial charge on any atom is 0.261 e. The predicted octanol–water partition coefficient (Wildman–Crippen LogP) is 6.93. The number of halogens is 2. The molecule has 0 radical (unpaired) electrons. The molecule has 3 rings (SSSR count). The molecule has 1 aliphatic carbocycles. The van der Waals surface area contributed by atoms with E-state index in [0.29, 0.717) is 22.2 Å². The molecule has 1 atom stereocenters. The largest absolute Gasteiger partial charge is 0.484 e. The van der Waals surface area contributed by atoms with Crippen LogP contribution < -0.4 is 10.1 Å². The molecular formula is C29H38Cl2N2O3. The van der Waals surface area contributed by atoms with Crippen LogP contribution >= 0.6 is 23.2 Å². The van der Waals surface area contributed by atoms with Crippen molar-refractivity contribution in [3.63, 3.8) is 0 Å². The predicted molar refractivity (Wildman–Crippen MR) is 147 cm³/mol. The summed E-state index contributed by atoms with van der Waals surface area (Å²) in [5.74, 6) is 0.240. The van der Waals surface area contributed by atoms with Crippen LogP contribution in [0.25, 0.3) is 0 Å². The number of amides is 2. The Bertz CT molecular complexity index is 1030. The van der Waals surface area contributed by atoms with Crippen LogP contribution in [-0.4, -0.2) is 35.4 Å².